The van der Waals surface area contributed by atoms with E-state index >= 15 is 0 Å². The van der Waals surface area contributed by atoms with E-state index in [2.05, 4.69) is 0 Å². The SMILES string of the molecule is CCCCC(O)(C[N+](=O)[O-])P(=O)(OC(C)C)OC(C)C. The minimum absolute atomic E-state index is 0.00119. The molecule has 0 amide bonds. The van der Waals surface area contributed by atoms with Gasteiger partial charge in [-0.2, -0.15) is 0 Å². The van der Waals surface area contributed by atoms with Gasteiger partial charge in [-0.1, -0.05) is 13.3 Å². The summed E-state index contributed by atoms with van der Waals surface area (Å²) in [6.45, 7) is 7.59. The summed E-state index contributed by atoms with van der Waals surface area (Å²) in [5.74, 6) is 0. The van der Waals surface area contributed by atoms with E-state index < -0.39 is 36.6 Å². The second kappa shape index (κ2) is 8.08. The fourth-order valence-electron chi connectivity index (χ4n) is 1.75. The molecule has 0 aromatic heterocycles. The molecular formula is C12H26NO6P. The van der Waals surface area contributed by atoms with Gasteiger partial charge in [0.15, 0.2) is 0 Å². The lowest BCUT2D eigenvalue weighted by atomic mass is 10.1. The first-order valence-electron chi connectivity index (χ1n) is 6.87. The quantitative estimate of drug-likeness (QED) is 0.378. The summed E-state index contributed by atoms with van der Waals surface area (Å²) >= 11 is 0. The number of nitro groups is 1. The average molecular weight is 311 g/mol. The Labute approximate surface area is 120 Å². The van der Waals surface area contributed by atoms with Crippen molar-refractivity contribution in [2.45, 2.75) is 71.4 Å². The van der Waals surface area contributed by atoms with Crippen molar-refractivity contribution in [3.05, 3.63) is 10.1 Å². The van der Waals surface area contributed by atoms with Gasteiger partial charge in [-0.15, -0.1) is 0 Å². The Morgan fingerprint density at radius 3 is 2.00 bits per heavy atom. The van der Waals surface area contributed by atoms with E-state index in [0.717, 1.165) is 0 Å². The molecule has 0 aliphatic rings. The van der Waals surface area contributed by atoms with E-state index in [4.69, 9.17) is 9.05 Å². The van der Waals surface area contributed by atoms with Crippen molar-refractivity contribution in [1.82, 2.24) is 0 Å². The van der Waals surface area contributed by atoms with Crippen molar-refractivity contribution in [3.8, 4) is 0 Å². The summed E-state index contributed by atoms with van der Waals surface area (Å²) in [7, 11) is -4.02. The third kappa shape index (κ3) is 5.87. The maximum absolute atomic E-state index is 12.9. The number of unbranched alkanes of at least 4 members (excludes halogenated alkanes) is 1. The van der Waals surface area contributed by atoms with Crippen LogP contribution in [0.25, 0.3) is 0 Å². The summed E-state index contributed by atoms with van der Waals surface area (Å²) in [5, 5.41) is 19.3. The molecule has 7 nitrogen and oxygen atoms in total. The van der Waals surface area contributed by atoms with Crippen LogP contribution in [0.15, 0.2) is 0 Å². The fraction of sp³-hybridized carbons (Fsp3) is 1.00. The summed E-state index contributed by atoms with van der Waals surface area (Å²) in [4.78, 5) is 10.1. The Bertz CT molecular complexity index is 346. The van der Waals surface area contributed by atoms with Gasteiger partial charge >= 0.3 is 7.60 Å². The van der Waals surface area contributed by atoms with Crippen LogP contribution in [-0.2, 0) is 13.6 Å². The number of hydrogen-bond acceptors (Lipinski definition) is 6. The molecular weight excluding hydrogens is 285 g/mol. The van der Waals surface area contributed by atoms with Gasteiger partial charge in [0.25, 0.3) is 0 Å². The summed E-state index contributed by atoms with van der Waals surface area (Å²) in [6.07, 6.45) is 0.265. The zero-order valence-electron chi connectivity index (χ0n) is 12.9. The molecule has 0 rings (SSSR count). The lowest BCUT2D eigenvalue weighted by Gasteiger charge is -2.34. The Balaban J connectivity index is 5.47. The lowest BCUT2D eigenvalue weighted by molar-refractivity contribution is -0.495. The fourth-order valence-corrected chi connectivity index (χ4v) is 4.02. The molecule has 20 heavy (non-hydrogen) atoms. The average Bonchev–Trinajstić information content (AvgIpc) is 2.22. The van der Waals surface area contributed by atoms with Crippen molar-refractivity contribution < 1.29 is 23.6 Å². The highest BCUT2D eigenvalue weighted by atomic mass is 31.2. The zero-order valence-corrected chi connectivity index (χ0v) is 13.8. The molecule has 8 heteroatoms. The third-order valence-electron chi connectivity index (χ3n) is 2.52. The predicted octanol–water partition coefficient (Wildman–Crippen LogP) is 3.19. The molecule has 1 N–H and O–H groups in total. The maximum Gasteiger partial charge on any atom is 0.369 e. The van der Waals surface area contributed by atoms with Crippen LogP contribution in [0.4, 0.5) is 0 Å². The Hall–Kier alpha value is -0.490. The molecule has 0 radical (unpaired) electrons. The van der Waals surface area contributed by atoms with Crippen LogP contribution in [0.1, 0.15) is 53.9 Å². The Morgan fingerprint density at radius 1 is 1.25 bits per heavy atom. The molecule has 1 unspecified atom stereocenters. The summed E-state index contributed by atoms with van der Waals surface area (Å²) < 4.78 is 23.5. The maximum atomic E-state index is 12.9. The van der Waals surface area contributed by atoms with E-state index in [9.17, 15) is 19.8 Å². The highest BCUT2D eigenvalue weighted by Gasteiger charge is 2.54. The largest absolute Gasteiger partial charge is 0.372 e. The standard InChI is InChI=1S/C12H26NO6P/c1-6-7-8-12(14,9-13(15)16)20(17,18-10(2)3)19-11(4)5/h10-11,14H,6-9H2,1-5H3. The van der Waals surface area contributed by atoms with Gasteiger partial charge in [0.05, 0.1) is 12.2 Å². The number of hydrogen-bond donors (Lipinski definition) is 1. The van der Waals surface area contributed by atoms with E-state index in [0.29, 0.717) is 12.8 Å². The van der Waals surface area contributed by atoms with Gasteiger partial charge in [0.2, 0.25) is 11.9 Å². The van der Waals surface area contributed by atoms with Crippen LogP contribution in [-0.4, -0.2) is 34.1 Å². The second-order valence-electron chi connectivity index (χ2n) is 5.38. The van der Waals surface area contributed by atoms with Crippen molar-refractivity contribution in [2.75, 3.05) is 6.54 Å². The van der Waals surface area contributed by atoms with Crippen LogP contribution < -0.4 is 0 Å². The van der Waals surface area contributed by atoms with E-state index in [1.807, 2.05) is 6.92 Å². The van der Waals surface area contributed by atoms with Gasteiger partial charge in [-0.05, 0) is 40.5 Å². The van der Waals surface area contributed by atoms with Gasteiger partial charge in [0.1, 0.15) is 0 Å². The monoisotopic (exact) mass is 311 g/mol. The van der Waals surface area contributed by atoms with Crippen molar-refractivity contribution in [3.63, 3.8) is 0 Å². The third-order valence-corrected chi connectivity index (χ3v) is 5.30. The van der Waals surface area contributed by atoms with Gasteiger partial charge in [-0.3, -0.25) is 14.7 Å². The van der Waals surface area contributed by atoms with Crippen molar-refractivity contribution in [1.29, 1.82) is 0 Å². The normalized spacial score (nSPS) is 15.6. The second-order valence-corrected chi connectivity index (χ2v) is 7.63. The smallest absolute Gasteiger partial charge is 0.369 e. The molecule has 0 saturated heterocycles. The lowest BCUT2D eigenvalue weighted by Crippen LogP contribution is -2.39. The van der Waals surface area contributed by atoms with Gasteiger partial charge in [0, 0.05) is 4.92 Å². The summed E-state index contributed by atoms with van der Waals surface area (Å²) in [6, 6.07) is 0. The van der Waals surface area contributed by atoms with Crippen LogP contribution in [0.2, 0.25) is 0 Å². The van der Waals surface area contributed by atoms with Crippen molar-refractivity contribution >= 4 is 7.60 Å². The molecule has 0 aromatic rings. The van der Waals surface area contributed by atoms with E-state index in [-0.39, 0.29) is 6.42 Å². The van der Waals surface area contributed by atoms with E-state index in [1.54, 1.807) is 27.7 Å². The number of rotatable bonds is 10. The Kier molecular flexibility index (Phi) is 7.88. The number of nitrogens with zero attached hydrogens (tertiary/aromatic N) is 1. The molecule has 0 saturated carbocycles. The zero-order chi connectivity index (χ0) is 16.0. The predicted molar refractivity (Wildman–Crippen MR) is 76.4 cm³/mol. The topological polar surface area (TPSA) is 98.9 Å². The molecule has 120 valence electrons. The molecule has 0 aliphatic heterocycles. The van der Waals surface area contributed by atoms with Crippen LogP contribution in [0.5, 0.6) is 0 Å². The number of aliphatic hydroxyl groups is 1. The summed E-state index contributed by atoms with van der Waals surface area (Å²) in [5.41, 5.74) is 0. The first-order valence-corrected chi connectivity index (χ1v) is 8.41. The molecule has 0 spiro atoms. The van der Waals surface area contributed by atoms with Crippen molar-refractivity contribution in [2.24, 2.45) is 0 Å². The van der Waals surface area contributed by atoms with Gasteiger partial charge in [-0.25, -0.2) is 0 Å². The van der Waals surface area contributed by atoms with Crippen LogP contribution in [0.3, 0.4) is 0 Å². The van der Waals surface area contributed by atoms with Crippen LogP contribution >= 0.6 is 7.60 Å². The first kappa shape index (κ1) is 19.5. The molecule has 0 aromatic carbocycles. The first-order chi connectivity index (χ1) is 9.06. The van der Waals surface area contributed by atoms with Crippen LogP contribution in [0, 0.1) is 10.1 Å². The molecule has 0 bridgehead atoms. The molecule has 1 atom stereocenters. The Morgan fingerprint density at radius 2 is 1.70 bits per heavy atom. The van der Waals surface area contributed by atoms with Gasteiger partial charge < -0.3 is 14.2 Å². The molecule has 0 fully saturated rings. The molecule has 0 heterocycles. The minimum Gasteiger partial charge on any atom is -0.372 e. The van der Waals surface area contributed by atoms with E-state index in [1.165, 1.54) is 0 Å². The molecule has 0 aliphatic carbocycles. The minimum atomic E-state index is -4.02. The highest BCUT2D eigenvalue weighted by Crippen LogP contribution is 2.62. The highest BCUT2D eigenvalue weighted by molar-refractivity contribution is 7.55.